The van der Waals surface area contributed by atoms with Gasteiger partial charge in [-0.05, 0) is 30.0 Å². The van der Waals surface area contributed by atoms with Crippen molar-refractivity contribution in [3.05, 3.63) is 29.6 Å². The van der Waals surface area contributed by atoms with Crippen LogP contribution in [0.15, 0.2) is 18.2 Å². The van der Waals surface area contributed by atoms with E-state index in [0.717, 1.165) is 25.3 Å². The molecule has 1 atom stereocenters. The number of hydrogen-bond donors (Lipinski definition) is 2. The molecule has 1 aliphatic carbocycles. The van der Waals surface area contributed by atoms with Gasteiger partial charge in [0.25, 0.3) is 0 Å². The van der Waals surface area contributed by atoms with E-state index in [1.165, 1.54) is 25.7 Å². The minimum Gasteiger partial charge on any atom is -0.494 e. The summed E-state index contributed by atoms with van der Waals surface area (Å²) in [5, 5.41) is 11.7. The highest BCUT2D eigenvalue weighted by molar-refractivity contribution is 5.84. The van der Waals surface area contributed by atoms with Gasteiger partial charge in [-0.1, -0.05) is 25.3 Å². The van der Waals surface area contributed by atoms with E-state index in [9.17, 15) is 19.1 Å². The quantitative estimate of drug-likeness (QED) is 0.812. The standard InChI is InChI=1S/C16H20FNO4/c1-22-13-7-6-11(9-12(13)17)15(16(20)21)18-14(19)8-5-10-3-2-4-10/h6-7,9-10,15H,2-5,8H2,1H3,(H,18,19)(H,20,21). The molecular formula is C16H20FNO4. The monoisotopic (exact) mass is 309 g/mol. The van der Waals surface area contributed by atoms with Crippen molar-refractivity contribution >= 4 is 11.9 Å². The van der Waals surface area contributed by atoms with Crippen molar-refractivity contribution in [2.75, 3.05) is 7.11 Å². The van der Waals surface area contributed by atoms with Crippen LogP contribution in [-0.2, 0) is 9.59 Å². The van der Waals surface area contributed by atoms with Crippen molar-refractivity contribution in [3.63, 3.8) is 0 Å². The summed E-state index contributed by atoms with van der Waals surface area (Å²) in [5.41, 5.74) is 0.183. The van der Waals surface area contributed by atoms with E-state index in [-0.39, 0.29) is 17.2 Å². The third-order valence-electron chi connectivity index (χ3n) is 4.07. The number of carboxylic acid groups (broad SMARTS) is 1. The molecule has 1 fully saturated rings. The molecule has 0 aliphatic heterocycles. The van der Waals surface area contributed by atoms with E-state index in [0.29, 0.717) is 12.3 Å². The predicted octanol–water partition coefficient (Wildman–Crippen LogP) is 2.66. The molecule has 1 amide bonds. The largest absolute Gasteiger partial charge is 0.494 e. The Morgan fingerprint density at radius 3 is 2.68 bits per heavy atom. The number of amides is 1. The van der Waals surface area contributed by atoms with Crippen LogP contribution in [0, 0.1) is 11.7 Å². The Morgan fingerprint density at radius 1 is 1.45 bits per heavy atom. The van der Waals surface area contributed by atoms with Crippen molar-refractivity contribution in [3.8, 4) is 5.75 Å². The minimum atomic E-state index is -1.26. The van der Waals surface area contributed by atoms with Gasteiger partial charge in [-0.3, -0.25) is 4.79 Å². The summed E-state index contributed by atoms with van der Waals surface area (Å²) in [6, 6.07) is 2.60. The summed E-state index contributed by atoms with van der Waals surface area (Å²) in [5.74, 6) is -1.59. The lowest BCUT2D eigenvalue weighted by molar-refractivity contribution is -0.142. The molecule has 1 aromatic carbocycles. The molecule has 2 N–H and O–H groups in total. The van der Waals surface area contributed by atoms with Crippen molar-refractivity contribution in [2.45, 2.75) is 38.1 Å². The zero-order valence-corrected chi connectivity index (χ0v) is 12.5. The predicted molar refractivity (Wildman–Crippen MR) is 78.0 cm³/mol. The molecule has 1 saturated carbocycles. The molecule has 22 heavy (non-hydrogen) atoms. The summed E-state index contributed by atoms with van der Waals surface area (Å²) in [7, 11) is 1.33. The summed E-state index contributed by atoms with van der Waals surface area (Å²) in [6.45, 7) is 0. The van der Waals surface area contributed by atoms with Crippen molar-refractivity contribution in [1.29, 1.82) is 0 Å². The number of nitrogens with one attached hydrogen (secondary N) is 1. The number of carbonyl (C=O) groups is 2. The molecule has 1 aromatic rings. The number of carbonyl (C=O) groups excluding carboxylic acids is 1. The Morgan fingerprint density at radius 2 is 2.18 bits per heavy atom. The van der Waals surface area contributed by atoms with Gasteiger partial charge < -0.3 is 15.2 Å². The van der Waals surface area contributed by atoms with Crippen LogP contribution in [-0.4, -0.2) is 24.1 Å². The Balaban J connectivity index is 2.00. The molecule has 0 aromatic heterocycles. The Labute approximate surface area is 128 Å². The number of hydrogen-bond acceptors (Lipinski definition) is 3. The van der Waals surface area contributed by atoms with Crippen molar-refractivity contribution in [1.82, 2.24) is 5.32 Å². The average molecular weight is 309 g/mol. The first-order chi connectivity index (χ1) is 10.5. The van der Waals surface area contributed by atoms with Crippen LogP contribution in [0.4, 0.5) is 4.39 Å². The number of benzene rings is 1. The van der Waals surface area contributed by atoms with Gasteiger partial charge in [0.2, 0.25) is 5.91 Å². The van der Waals surface area contributed by atoms with Crippen molar-refractivity contribution < 1.29 is 23.8 Å². The lowest BCUT2D eigenvalue weighted by atomic mass is 9.82. The van der Waals surface area contributed by atoms with Gasteiger partial charge >= 0.3 is 5.97 Å². The van der Waals surface area contributed by atoms with Crippen LogP contribution < -0.4 is 10.1 Å². The van der Waals surface area contributed by atoms with E-state index in [4.69, 9.17) is 4.74 Å². The fourth-order valence-corrected chi connectivity index (χ4v) is 2.50. The Bertz CT molecular complexity index is 557. The second-order valence-corrected chi connectivity index (χ2v) is 5.57. The van der Waals surface area contributed by atoms with Gasteiger partial charge in [0.1, 0.15) is 0 Å². The zero-order valence-electron chi connectivity index (χ0n) is 12.5. The van der Waals surface area contributed by atoms with E-state index in [2.05, 4.69) is 5.32 Å². The van der Waals surface area contributed by atoms with Crippen LogP contribution in [0.25, 0.3) is 0 Å². The first-order valence-electron chi connectivity index (χ1n) is 7.37. The molecule has 0 spiro atoms. The number of ether oxygens (including phenoxy) is 1. The first kappa shape index (κ1) is 16.3. The van der Waals surface area contributed by atoms with Crippen LogP contribution in [0.2, 0.25) is 0 Å². The molecule has 1 unspecified atom stereocenters. The van der Waals surface area contributed by atoms with E-state index in [1.807, 2.05) is 0 Å². The molecule has 0 bridgehead atoms. The maximum atomic E-state index is 13.7. The fourth-order valence-electron chi connectivity index (χ4n) is 2.50. The summed E-state index contributed by atoms with van der Waals surface area (Å²) < 4.78 is 18.5. The van der Waals surface area contributed by atoms with Crippen LogP contribution in [0.5, 0.6) is 5.75 Å². The highest BCUT2D eigenvalue weighted by atomic mass is 19.1. The van der Waals surface area contributed by atoms with Gasteiger partial charge in [-0.2, -0.15) is 0 Å². The van der Waals surface area contributed by atoms with Gasteiger partial charge in [0.05, 0.1) is 7.11 Å². The van der Waals surface area contributed by atoms with Gasteiger partial charge in [-0.25, -0.2) is 9.18 Å². The maximum absolute atomic E-state index is 13.7. The highest BCUT2D eigenvalue weighted by Gasteiger charge is 2.24. The number of aliphatic carboxylic acids is 1. The second kappa shape index (κ2) is 7.24. The minimum absolute atomic E-state index is 0.0317. The molecule has 0 radical (unpaired) electrons. The van der Waals surface area contributed by atoms with Crippen LogP contribution in [0.3, 0.4) is 0 Å². The normalized spacial score (nSPS) is 15.7. The molecule has 1 aliphatic rings. The van der Waals surface area contributed by atoms with E-state index in [1.54, 1.807) is 0 Å². The topological polar surface area (TPSA) is 75.6 Å². The van der Waals surface area contributed by atoms with Crippen LogP contribution >= 0.6 is 0 Å². The maximum Gasteiger partial charge on any atom is 0.330 e. The molecule has 0 saturated heterocycles. The van der Waals surface area contributed by atoms with E-state index < -0.39 is 17.8 Å². The number of rotatable bonds is 7. The van der Waals surface area contributed by atoms with Gasteiger partial charge in [0.15, 0.2) is 17.6 Å². The molecular weight excluding hydrogens is 289 g/mol. The van der Waals surface area contributed by atoms with Crippen molar-refractivity contribution in [2.24, 2.45) is 5.92 Å². The SMILES string of the molecule is COc1ccc(C(NC(=O)CCC2CCC2)C(=O)O)cc1F. The van der Waals surface area contributed by atoms with Crippen LogP contribution in [0.1, 0.15) is 43.7 Å². The smallest absolute Gasteiger partial charge is 0.330 e. The number of halogens is 1. The Kier molecular flexibility index (Phi) is 5.35. The third-order valence-corrected chi connectivity index (χ3v) is 4.07. The fraction of sp³-hybridized carbons (Fsp3) is 0.500. The molecule has 0 heterocycles. The summed E-state index contributed by atoms with van der Waals surface area (Å²) in [6.07, 6.45) is 4.55. The molecule has 2 rings (SSSR count). The molecule has 6 heteroatoms. The summed E-state index contributed by atoms with van der Waals surface area (Å²) in [4.78, 5) is 23.2. The zero-order chi connectivity index (χ0) is 16.1. The Hall–Kier alpha value is -2.11. The van der Waals surface area contributed by atoms with Gasteiger partial charge in [0, 0.05) is 6.42 Å². The number of carboxylic acids is 1. The lowest BCUT2D eigenvalue weighted by Crippen LogP contribution is -2.34. The highest BCUT2D eigenvalue weighted by Crippen LogP contribution is 2.30. The lowest BCUT2D eigenvalue weighted by Gasteiger charge is -2.25. The average Bonchev–Trinajstić information content (AvgIpc) is 2.42. The number of methoxy groups -OCH3 is 1. The van der Waals surface area contributed by atoms with Gasteiger partial charge in [-0.15, -0.1) is 0 Å². The van der Waals surface area contributed by atoms with E-state index >= 15 is 0 Å². The third kappa shape index (κ3) is 3.96. The molecule has 5 nitrogen and oxygen atoms in total. The first-order valence-corrected chi connectivity index (χ1v) is 7.37. The summed E-state index contributed by atoms with van der Waals surface area (Å²) >= 11 is 0. The molecule has 120 valence electrons. The second-order valence-electron chi connectivity index (χ2n) is 5.57.